The summed E-state index contributed by atoms with van der Waals surface area (Å²) in [5.74, 6) is -4.18. The monoisotopic (exact) mass is 377 g/mol. The SMILES string of the molecule is CC(OCC1CCCCO1)C(=O)Nc1ccccc1S(=O)(=O)C(F)F. The standard InChI is InChI=1S/C16H21F2NO5S/c1-11(24-10-12-6-4-5-9-23-12)15(20)19-13-7-2-3-8-14(13)25(21,22)16(17)18/h2-3,7-8,11-12,16H,4-6,9-10H2,1H3,(H,19,20). The number of hydrogen-bond acceptors (Lipinski definition) is 5. The van der Waals surface area contributed by atoms with Crippen LogP contribution in [-0.2, 0) is 24.1 Å². The molecule has 1 saturated heterocycles. The van der Waals surface area contributed by atoms with Gasteiger partial charge in [0.15, 0.2) is 0 Å². The van der Waals surface area contributed by atoms with Gasteiger partial charge in [0, 0.05) is 6.61 Å². The van der Waals surface area contributed by atoms with E-state index in [2.05, 4.69) is 5.32 Å². The molecule has 0 aliphatic carbocycles. The highest BCUT2D eigenvalue weighted by molar-refractivity contribution is 7.91. The van der Waals surface area contributed by atoms with E-state index in [1.807, 2.05) is 0 Å². The van der Waals surface area contributed by atoms with Gasteiger partial charge in [0.1, 0.15) is 6.10 Å². The fourth-order valence-corrected chi connectivity index (χ4v) is 3.30. The van der Waals surface area contributed by atoms with Crippen molar-refractivity contribution in [2.75, 3.05) is 18.5 Å². The molecule has 140 valence electrons. The molecule has 1 amide bonds. The van der Waals surface area contributed by atoms with Crippen molar-refractivity contribution in [3.8, 4) is 0 Å². The quantitative estimate of drug-likeness (QED) is 0.790. The van der Waals surface area contributed by atoms with Crippen LogP contribution in [0.2, 0.25) is 0 Å². The maximum absolute atomic E-state index is 12.8. The Balaban J connectivity index is 2.00. The molecule has 0 spiro atoms. The fraction of sp³-hybridized carbons (Fsp3) is 0.562. The van der Waals surface area contributed by atoms with Gasteiger partial charge in [-0.2, -0.15) is 8.78 Å². The van der Waals surface area contributed by atoms with E-state index in [1.165, 1.54) is 25.1 Å². The van der Waals surface area contributed by atoms with E-state index >= 15 is 0 Å². The molecule has 0 bridgehead atoms. The van der Waals surface area contributed by atoms with Crippen LogP contribution in [0.4, 0.5) is 14.5 Å². The second-order valence-corrected chi connectivity index (χ2v) is 7.64. The number of hydrogen-bond donors (Lipinski definition) is 1. The lowest BCUT2D eigenvalue weighted by atomic mass is 10.1. The van der Waals surface area contributed by atoms with Gasteiger partial charge in [-0.1, -0.05) is 12.1 Å². The Labute approximate surface area is 145 Å². The zero-order valence-electron chi connectivity index (χ0n) is 13.8. The number of ether oxygens (including phenoxy) is 2. The van der Waals surface area contributed by atoms with Crippen molar-refractivity contribution in [2.24, 2.45) is 0 Å². The minimum atomic E-state index is -4.82. The predicted octanol–water partition coefficient (Wildman–Crippen LogP) is 2.60. The van der Waals surface area contributed by atoms with Gasteiger partial charge < -0.3 is 14.8 Å². The highest BCUT2D eigenvalue weighted by Crippen LogP contribution is 2.26. The van der Waals surface area contributed by atoms with Crippen LogP contribution in [-0.4, -0.2) is 45.5 Å². The predicted molar refractivity (Wildman–Crippen MR) is 87.3 cm³/mol. The third-order valence-electron chi connectivity index (χ3n) is 3.86. The summed E-state index contributed by atoms with van der Waals surface area (Å²) >= 11 is 0. The maximum atomic E-state index is 12.8. The second-order valence-electron chi connectivity index (χ2n) is 5.76. The van der Waals surface area contributed by atoms with Crippen LogP contribution < -0.4 is 5.32 Å². The van der Waals surface area contributed by atoms with Crippen molar-refractivity contribution in [2.45, 2.75) is 49.0 Å². The van der Waals surface area contributed by atoms with Crippen LogP contribution in [0.5, 0.6) is 0 Å². The molecule has 0 radical (unpaired) electrons. The van der Waals surface area contributed by atoms with E-state index in [0.717, 1.165) is 25.3 Å². The summed E-state index contributed by atoms with van der Waals surface area (Å²) in [5, 5.41) is 2.34. The van der Waals surface area contributed by atoms with Gasteiger partial charge in [-0.25, -0.2) is 8.42 Å². The number of carbonyl (C=O) groups is 1. The van der Waals surface area contributed by atoms with E-state index in [9.17, 15) is 22.0 Å². The highest BCUT2D eigenvalue weighted by atomic mass is 32.2. The number of halogens is 2. The van der Waals surface area contributed by atoms with E-state index in [0.29, 0.717) is 6.61 Å². The summed E-state index contributed by atoms with van der Waals surface area (Å²) in [4.78, 5) is 11.6. The minimum absolute atomic E-state index is 0.0736. The number of sulfone groups is 1. The maximum Gasteiger partial charge on any atom is 0.341 e. The molecular formula is C16H21F2NO5S. The summed E-state index contributed by atoms with van der Waals surface area (Å²) in [6.07, 6.45) is 1.93. The molecule has 1 aliphatic rings. The van der Waals surface area contributed by atoms with Crippen LogP contribution in [0.25, 0.3) is 0 Å². The Morgan fingerprint density at radius 2 is 2.08 bits per heavy atom. The molecule has 0 saturated carbocycles. The molecule has 2 rings (SSSR count). The van der Waals surface area contributed by atoms with Crippen molar-refractivity contribution in [3.63, 3.8) is 0 Å². The van der Waals surface area contributed by atoms with Crippen molar-refractivity contribution in [1.29, 1.82) is 0 Å². The number of nitrogens with one attached hydrogen (secondary N) is 1. The highest BCUT2D eigenvalue weighted by Gasteiger charge is 2.30. The molecule has 6 nitrogen and oxygen atoms in total. The Kier molecular flexibility index (Phi) is 6.86. The van der Waals surface area contributed by atoms with Crippen LogP contribution in [0.1, 0.15) is 26.2 Å². The largest absolute Gasteiger partial charge is 0.376 e. The van der Waals surface area contributed by atoms with E-state index in [-0.39, 0.29) is 18.4 Å². The molecule has 1 aromatic carbocycles. The number of rotatable bonds is 7. The molecule has 25 heavy (non-hydrogen) atoms. The topological polar surface area (TPSA) is 81.7 Å². The summed E-state index contributed by atoms with van der Waals surface area (Å²) in [7, 11) is -4.82. The smallest absolute Gasteiger partial charge is 0.341 e. The minimum Gasteiger partial charge on any atom is -0.376 e. The molecule has 1 heterocycles. The van der Waals surface area contributed by atoms with Gasteiger partial charge in [-0.05, 0) is 38.3 Å². The molecular weight excluding hydrogens is 356 g/mol. The first-order valence-electron chi connectivity index (χ1n) is 7.97. The number of para-hydroxylation sites is 1. The lowest BCUT2D eigenvalue weighted by Gasteiger charge is -2.24. The fourth-order valence-electron chi connectivity index (χ4n) is 2.41. The van der Waals surface area contributed by atoms with Crippen LogP contribution >= 0.6 is 0 Å². The number of benzene rings is 1. The first-order chi connectivity index (χ1) is 11.8. The summed E-state index contributed by atoms with van der Waals surface area (Å²) in [6.45, 7) is 2.40. The van der Waals surface area contributed by atoms with Crippen LogP contribution in [0.3, 0.4) is 0 Å². The molecule has 0 aromatic heterocycles. The van der Waals surface area contributed by atoms with Crippen molar-refractivity contribution in [1.82, 2.24) is 0 Å². The zero-order valence-corrected chi connectivity index (χ0v) is 14.6. The number of anilines is 1. The summed E-state index contributed by atoms with van der Waals surface area (Å²) in [6, 6.07) is 5.04. The number of amides is 1. The first kappa shape index (κ1) is 19.7. The Morgan fingerprint density at radius 1 is 1.36 bits per heavy atom. The normalized spacial score (nSPS) is 19.6. The Morgan fingerprint density at radius 3 is 2.72 bits per heavy atom. The molecule has 2 unspecified atom stereocenters. The van der Waals surface area contributed by atoms with Crippen LogP contribution in [0, 0.1) is 0 Å². The van der Waals surface area contributed by atoms with E-state index in [4.69, 9.17) is 9.47 Å². The lowest BCUT2D eigenvalue weighted by Crippen LogP contribution is -2.33. The third-order valence-corrected chi connectivity index (χ3v) is 5.30. The summed E-state index contributed by atoms with van der Waals surface area (Å²) < 4.78 is 59.8. The molecule has 9 heteroatoms. The number of carbonyl (C=O) groups excluding carboxylic acids is 1. The van der Waals surface area contributed by atoms with Gasteiger partial charge in [0.25, 0.3) is 5.91 Å². The lowest BCUT2D eigenvalue weighted by molar-refractivity contribution is -0.130. The van der Waals surface area contributed by atoms with Gasteiger partial charge in [-0.15, -0.1) is 0 Å². The molecule has 1 N–H and O–H groups in total. The molecule has 2 atom stereocenters. The average molecular weight is 377 g/mol. The van der Waals surface area contributed by atoms with Crippen molar-refractivity contribution in [3.05, 3.63) is 24.3 Å². The number of alkyl halides is 2. The first-order valence-corrected chi connectivity index (χ1v) is 9.52. The van der Waals surface area contributed by atoms with Gasteiger partial charge in [0.2, 0.25) is 9.84 Å². The molecule has 1 aromatic rings. The third kappa shape index (κ3) is 5.20. The van der Waals surface area contributed by atoms with Crippen molar-refractivity contribution < 1.29 is 31.5 Å². The molecule has 1 fully saturated rings. The molecule has 1 aliphatic heterocycles. The zero-order chi connectivity index (χ0) is 18.4. The second kappa shape index (κ2) is 8.68. The van der Waals surface area contributed by atoms with Gasteiger partial charge >= 0.3 is 5.76 Å². The Bertz CT molecular complexity index is 690. The summed E-state index contributed by atoms with van der Waals surface area (Å²) in [5.41, 5.74) is -0.197. The van der Waals surface area contributed by atoms with Gasteiger partial charge in [-0.3, -0.25) is 4.79 Å². The average Bonchev–Trinajstić information content (AvgIpc) is 2.60. The Hall–Kier alpha value is -1.58. The van der Waals surface area contributed by atoms with E-state index < -0.39 is 32.5 Å². The van der Waals surface area contributed by atoms with E-state index in [1.54, 1.807) is 0 Å². The van der Waals surface area contributed by atoms with Crippen LogP contribution in [0.15, 0.2) is 29.2 Å². The van der Waals surface area contributed by atoms with Crippen molar-refractivity contribution >= 4 is 21.4 Å². The van der Waals surface area contributed by atoms with Gasteiger partial charge in [0.05, 0.1) is 23.3 Å².